The summed E-state index contributed by atoms with van der Waals surface area (Å²) in [7, 11) is 0. The third-order valence-electron chi connectivity index (χ3n) is 5.61. The maximum atomic E-state index is 12.7. The topological polar surface area (TPSA) is 115 Å². The lowest BCUT2D eigenvalue weighted by atomic mass is 9.97. The molecule has 1 aromatic carbocycles. The van der Waals surface area contributed by atoms with E-state index in [4.69, 9.17) is 4.74 Å². The zero-order valence-electron chi connectivity index (χ0n) is 17.8. The van der Waals surface area contributed by atoms with Gasteiger partial charge in [0.05, 0.1) is 22.5 Å². The molecule has 0 saturated carbocycles. The van der Waals surface area contributed by atoms with Gasteiger partial charge in [-0.2, -0.15) is 18.4 Å². The Labute approximate surface area is 192 Å². The molecule has 0 bridgehead atoms. The fourth-order valence-corrected chi connectivity index (χ4v) is 3.74. The number of rotatable bonds is 5. The lowest BCUT2D eigenvalue weighted by molar-refractivity contribution is -0.149. The number of allylic oxidation sites excluding steroid dienone is 1. The van der Waals surface area contributed by atoms with Crippen molar-refractivity contribution in [3.8, 4) is 6.07 Å². The van der Waals surface area contributed by atoms with E-state index in [1.54, 1.807) is 29.2 Å². The average molecular weight is 471 g/mol. The number of para-hydroxylation sites is 2. The van der Waals surface area contributed by atoms with Crippen LogP contribution in [0.3, 0.4) is 0 Å². The summed E-state index contributed by atoms with van der Waals surface area (Å²) >= 11 is 0. The number of aliphatic hydroxyl groups excluding tert-OH is 1. The summed E-state index contributed by atoms with van der Waals surface area (Å²) in [5.74, 6) is -0.788. The number of nitriles is 1. The maximum absolute atomic E-state index is 12.7. The number of nitrogens with zero attached hydrogens (tertiary/aromatic N) is 4. The van der Waals surface area contributed by atoms with E-state index in [1.807, 2.05) is 6.07 Å². The summed E-state index contributed by atoms with van der Waals surface area (Å²) in [6.45, 7) is 0.365. The van der Waals surface area contributed by atoms with Crippen LogP contribution >= 0.6 is 0 Å². The number of benzene rings is 1. The Hall–Kier alpha value is -4.07. The number of carbonyl (C=O) groups excluding carboxylic acids is 1. The van der Waals surface area contributed by atoms with Crippen LogP contribution in [0, 0.1) is 17.2 Å². The summed E-state index contributed by atoms with van der Waals surface area (Å²) in [5, 5.41) is 19.8. The number of imidazole rings is 1. The largest absolute Gasteiger partial charge is 0.507 e. The lowest BCUT2D eigenvalue weighted by Crippen LogP contribution is -2.37. The molecule has 3 heterocycles. The predicted molar refractivity (Wildman–Crippen MR) is 116 cm³/mol. The van der Waals surface area contributed by atoms with Crippen LogP contribution in [0.15, 0.2) is 48.4 Å². The number of hydrogen-bond acceptors (Lipinski definition) is 7. The van der Waals surface area contributed by atoms with Crippen molar-refractivity contribution in [2.45, 2.75) is 19.0 Å². The second kappa shape index (κ2) is 9.43. The van der Waals surface area contributed by atoms with E-state index in [-0.39, 0.29) is 11.4 Å². The Bertz CT molecular complexity index is 1220. The van der Waals surface area contributed by atoms with Gasteiger partial charge in [0.15, 0.2) is 11.6 Å². The fourth-order valence-electron chi connectivity index (χ4n) is 3.74. The maximum Gasteiger partial charge on any atom is 0.417 e. The second-order valence-corrected chi connectivity index (χ2v) is 7.81. The van der Waals surface area contributed by atoms with E-state index < -0.39 is 36.0 Å². The third-order valence-corrected chi connectivity index (χ3v) is 5.61. The molecule has 0 atom stereocenters. The number of fused-ring (bicyclic) bond motifs is 1. The van der Waals surface area contributed by atoms with Crippen molar-refractivity contribution < 1.29 is 27.8 Å². The first kappa shape index (κ1) is 23.1. The highest BCUT2D eigenvalue weighted by molar-refractivity contribution is 5.83. The van der Waals surface area contributed by atoms with Gasteiger partial charge >= 0.3 is 12.1 Å². The number of nitrogens with one attached hydrogen (secondary N) is 1. The number of hydrogen-bond donors (Lipinski definition) is 2. The van der Waals surface area contributed by atoms with Crippen molar-refractivity contribution in [3.05, 3.63) is 59.7 Å². The molecule has 1 saturated heterocycles. The van der Waals surface area contributed by atoms with E-state index in [2.05, 4.69) is 15.0 Å². The summed E-state index contributed by atoms with van der Waals surface area (Å²) in [6, 6.07) is 11.3. The van der Waals surface area contributed by atoms with Crippen molar-refractivity contribution in [1.82, 2.24) is 15.0 Å². The van der Waals surface area contributed by atoms with Crippen LogP contribution in [0.1, 0.15) is 24.2 Å². The number of aromatic nitrogens is 3. The van der Waals surface area contributed by atoms with E-state index in [9.17, 15) is 28.3 Å². The number of carbonyl (C=O) groups is 1. The monoisotopic (exact) mass is 471 g/mol. The van der Waals surface area contributed by atoms with E-state index >= 15 is 0 Å². The smallest absolute Gasteiger partial charge is 0.417 e. The quantitative estimate of drug-likeness (QED) is 0.325. The van der Waals surface area contributed by atoms with Gasteiger partial charge in [-0.3, -0.25) is 4.79 Å². The van der Waals surface area contributed by atoms with Gasteiger partial charge in [-0.25, -0.2) is 9.97 Å². The van der Waals surface area contributed by atoms with E-state index in [0.717, 1.165) is 12.3 Å². The molecule has 3 aromatic rings. The van der Waals surface area contributed by atoms with Crippen LogP contribution < -0.4 is 4.90 Å². The number of pyridine rings is 1. The zero-order valence-corrected chi connectivity index (χ0v) is 17.8. The predicted octanol–water partition coefficient (Wildman–Crippen LogP) is 4.23. The number of aromatic amines is 1. The Morgan fingerprint density at radius 1 is 1.24 bits per heavy atom. The van der Waals surface area contributed by atoms with Crippen molar-refractivity contribution in [1.29, 1.82) is 5.26 Å². The fraction of sp³-hybridized carbons (Fsp3) is 0.304. The van der Waals surface area contributed by atoms with Crippen LogP contribution in [0.2, 0.25) is 0 Å². The van der Waals surface area contributed by atoms with Gasteiger partial charge in [-0.05, 0) is 37.1 Å². The molecule has 1 aliphatic rings. The van der Waals surface area contributed by atoms with Gasteiger partial charge in [0, 0.05) is 19.3 Å². The minimum Gasteiger partial charge on any atom is -0.507 e. The molecule has 4 rings (SSSR count). The number of esters is 1. The van der Waals surface area contributed by atoms with Gasteiger partial charge < -0.3 is 19.7 Å². The normalized spacial score (nSPS) is 15.6. The number of alkyl halides is 3. The van der Waals surface area contributed by atoms with Gasteiger partial charge in [0.2, 0.25) is 0 Å². The molecule has 8 nitrogen and oxygen atoms in total. The molecular formula is C23H20F3N5O3. The van der Waals surface area contributed by atoms with Gasteiger partial charge in [0.1, 0.15) is 24.1 Å². The number of ether oxygens (including phenoxy) is 1. The van der Waals surface area contributed by atoms with Crippen molar-refractivity contribution >= 4 is 28.4 Å². The molecule has 34 heavy (non-hydrogen) atoms. The van der Waals surface area contributed by atoms with Crippen molar-refractivity contribution in [2.24, 2.45) is 5.92 Å². The number of piperidine rings is 1. The highest BCUT2D eigenvalue weighted by atomic mass is 19.4. The zero-order chi connectivity index (χ0) is 24.3. The molecule has 2 aromatic heterocycles. The first-order valence-corrected chi connectivity index (χ1v) is 10.5. The van der Waals surface area contributed by atoms with E-state index in [0.29, 0.717) is 42.8 Å². The molecule has 2 N–H and O–H groups in total. The standard InChI is InChI=1S/C23H20F3N5O3/c24-23(25,26)15-5-6-20(28-12-15)31-9-7-14(8-10-31)22(33)34-13-19(32)16(11-27)21-29-17-3-1-2-4-18(17)30-21/h1-6,12,14,32H,7-10,13H2,(H,29,30)/b19-16-. The van der Waals surface area contributed by atoms with E-state index in [1.165, 1.54) is 6.07 Å². The highest BCUT2D eigenvalue weighted by Crippen LogP contribution is 2.30. The highest BCUT2D eigenvalue weighted by Gasteiger charge is 2.32. The molecule has 176 valence electrons. The molecular weight excluding hydrogens is 451 g/mol. The summed E-state index contributed by atoms with van der Waals surface area (Å²) in [4.78, 5) is 25.4. The number of H-pyrrole nitrogens is 1. The Kier molecular flexibility index (Phi) is 6.40. The molecule has 0 spiro atoms. The molecule has 0 aliphatic carbocycles. The van der Waals surface area contributed by atoms with Crippen LogP contribution in [0.25, 0.3) is 16.6 Å². The van der Waals surface area contributed by atoms with Gasteiger partial charge in [0.25, 0.3) is 0 Å². The summed E-state index contributed by atoms with van der Waals surface area (Å²) in [6.07, 6.45) is -2.82. The SMILES string of the molecule is N#C/C(=C(/O)COC(=O)C1CCN(c2ccc(C(F)(F)F)cn2)CC1)c1nc2ccccc2[nH]1. The van der Waals surface area contributed by atoms with Crippen molar-refractivity contribution in [2.75, 3.05) is 24.6 Å². The summed E-state index contributed by atoms with van der Waals surface area (Å²) in [5.41, 5.74) is 0.392. The number of halogens is 3. The Morgan fingerprint density at radius 2 is 1.97 bits per heavy atom. The second-order valence-electron chi connectivity index (χ2n) is 7.81. The first-order valence-electron chi connectivity index (χ1n) is 10.5. The average Bonchev–Trinajstić information content (AvgIpc) is 3.26. The van der Waals surface area contributed by atoms with Crippen LogP contribution in [0.4, 0.5) is 19.0 Å². The molecule has 11 heteroatoms. The van der Waals surface area contributed by atoms with Crippen LogP contribution in [-0.2, 0) is 15.7 Å². The Morgan fingerprint density at radius 3 is 2.59 bits per heavy atom. The minimum absolute atomic E-state index is 0.118. The molecule has 0 radical (unpaired) electrons. The van der Waals surface area contributed by atoms with Crippen LogP contribution in [-0.4, -0.2) is 45.7 Å². The van der Waals surface area contributed by atoms with Crippen molar-refractivity contribution in [3.63, 3.8) is 0 Å². The third kappa shape index (κ3) is 4.96. The molecule has 1 fully saturated rings. The minimum atomic E-state index is -4.45. The molecule has 0 amide bonds. The molecule has 0 unspecified atom stereocenters. The van der Waals surface area contributed by atoms with Gasteiger partial charge in [-0.1, -0.05) is 12.1 Å². The first-order chi connectivity index (χ1) is 16.3. The lowest BCUT2D eigenvalue weighted by Gasteiger charge is -2.31. The van der Waals surface area contributed by atoms with Crippen LogP contribution in [0.5, 0.6) is 0 Å². The summed E-state index contributed by atoms with van der Waals surface area (Å²) < 4.78 is 43.3. The van der Waals surface area contributed by atoms with Gasteiger partial charge in [-0.15, -0.1) is 0 Å². The Balaban J connectivity index is 1.33. The number of aliphatic hydroxyl groups is 1. The molecule has 1 aliphatic heterocycles. The number of anilines is 1.